The molecule has 2 aliphatic heterocycles. The summed E-state index contributed by atoms with van der Waals surface area (Å²) in [6, 6.07) is 0.506. The van der Waals surface area contributed by atoms with Crippen molar-refractivity contribution in [1.82, 2.24) is 9.80 Å². The van der Waals surface area contributed by atoms with Gasteiger partial charge in [-0.15, -0.1) is 0 Å². The molecule has 0 aromatic rings. The van der Waals surface area contributed by atoms with E-state index in [0.717, 1.165) is 32.6 Å². The molecule has 0 bridgehead atoms. The van der Waals surface area contributed by atoms with E-state index >= 15 is 0 Å². The first-order valence-electron chi connectivity index (χ1n) is 6.40. The summed E-state index contributed by atoms with van der Waals surface area (Å²) in [6.45, 7) is 3.80. The van der Waals surface area contributed by atoms with Gasteiger partial charge in [-0.1, -0.05) is 0 Å². The molecule has 2 saturated heterocycles. The van der Waals surface area contributed by atoms with Crippen molar-refractivity contribution in [3.05, 3.63) is 0 Å². The Bertz CT molecular complexity index is 306. The molecular weight excluding hydrogens is 220 g/mol. The van der Waals surface area contributed by atoms with Crippen molar-refractivity contribution < 1.29 is 14.7 Å². The van der Waals surface area contributed by atoms with E-state index in [1.54, 1.807) is 0 Å². The summed E-state index contributed by atoms with van der Waals surface area (Å²) in [5.41, 5.74) is 0. The second-order valence-electron chi connectivity index (χ2n) is 4.92. The molecule has 2 aliphatic rings. The highest BCUT2D eigenvalue weighted by Gasteiger charge is 2.30. The molecular formula is C12H20N2O3. The van der Waals surface area contributed by atoms with E-state index in [1.807, 2.05) is 4.90 Å². The first-order chi connectivity index (χ1) is 8.16. The van der Waals surface area contributed by atoms with Crippen LogP contribution in [-0.2, 0) is 9.59 Å². The Morgan fingerprint density at radius 3 is 2.65 bits per heavy atom. The molecule has 1 atom stereocenters. The highest BCUT2D eigenvalue weighted by atomic mass is 16.4. The Balaban J connectivity index is 1.87. The first-order valence-corrected chi connectivity index (χ1v) is 6.40. The number of carbonyl (C=O) groups excluding carboxylic acids is 1. The van der Waals surface area contributed by atoms with Crippen LogP contribution in [0.25, 0.3) is 0 Å². The van der Waals surface area contributed by atoms with E-state index in [4.69, 9.17) is 5.11 Å². The summed E-state index contributed by atoms with van der Waals surface area (Å²) >= 11 is 0. The molecule has 2 fully saturated rings. The quantitative estimate of drug-likeness (QED) is 0.782. The standard InChI is InChI=1S/C12H20N2O3/c15-11(4-5-12(16)17)14-8-2-7-13-6-1-3-10(13)9-14/h10H,1-9H2,(H,16,17). The summed E-state index contributed by atoms with van der Waals surface area (Å²) in [4.78, 5) is 26.7. The van der Waals surface area contributed by atoms with Gasteiger partial charge in [-0.25, -0.2) is 0 Å². The number of rotatable bonds is 3. The van der Waals surface area contributed by atoms with Crippen molar-refractivity contribution in [2.45, 2.75) is 38.1 Å². The Labute approximate surface area is 101 Å². The van der Waals surface area contributed by atoms with Crippen molar-refractivity contribution in [1.29, 1.82) is 0 Å². The van der Waals surface area contributed by atoms with Crippen molar-refractivity contribution >= 4 is 11.9 Å². The lowest BCUT2D eigenvalue weighted by atomic mass is 10.2. The van der Waals surface area contributed by atoms with E-state index in [1.165, 1.54) is 12.8 Å². The van der Waals surface area contributed by atoms with Crippen LogP contribution in [0.3, 0.4) is 0 Å². The van der Waals surface area contributed by atoms with Crippen LogP contribution >= 0.6 is 0 Å². The minimum absolute atomic E-state index is 0.00106. The summed E-state index contributed by atoms with van der Waals surface area (Å²) < 4.78 is 0. The van der Waals surface area contributed by atoms with E-state index in [-0.39, 0.29) is 18.7 Å². The average molecular weight is 240 g/mol. The molecule has 0 aliphatic carbocycles. The molecule has 0 radical (unpaired) electrons. The number of nitrogens with zero attached hydrogens (tertiary/aromatic N) is 2. The number of fused-ring (bicyclic) bond motifs is 1. The zero-order valence-electron chi connectivity index (χ0n) is 10.1. The predicted molar refractivity (Wildman–Crippen MR) is 62.7 cm³/mol. The maximum absolute atomic E-state index is 11.9. The molecule has 0 aromatic heterocycles. The van der Waals surface area contributed by atoms with Crippen LogP contribution in [0, 0.1) is 0 Å². The summed E-state index contributed by atoms with van der Waals surface area (Å²) in [5.74, 6) is -0.892. The molecule has 1 unspecified atom stereocenters. The third kappa shape index (κ3) is 3.19. The number of carboxylic acids is 1. The van der Waals surface area contributed by atoms with Crippen molar-refractivity contribution in [2.24, 2.45) is 0 Å². The fourth-order valence-electron chi connectivity index (χ4n) is 2.81. The minimum Gasteiger partial charge on any atom is -0.481 e. The Hall–Kier alpha value is -1.10. The normalized spacial score (nSPS) is 25.4. The molecule has 96 valence electrons. The molecule has 0 saturated carbocycles. The summed E-state index contributed by atoms with van der Waals surface area (Å²) in [7, 11) is 0. The van der Waals surface area contributed by atoms with Crippen LogP contribution in [-0.4, -0.2) is 59.0 Å². The van der Waals surface area contributed by atoms with Gasteiger partial charge in [0.15, 0.2) is 0 Å². The van der Waals surface area contributed by atoms with Crippen LogP contribution < -0.4 is 0 Å². The third-order valence-corrected chi connectivity index (χ3v) is 3.71. The maximum Gasteiger partial charge on any atom is 0.303 e. The van der Waals surface area contributed by atoms with Gasteiger partial charge in [-0.2, -0.15) is 0 Å². The highest BCUT2D eigenvalue weighted by Crippen LogP contribution is 2.21. The fraction of sp³-hybridized carbons (Fsp3) is 0.833. The molecule has 0 aromatic carbocycles. The molecule has 2 heterocycles. The zero-order valence-corrected chi connectivity index (χ0v) is 10.1. The van der Waals surface area contributed by atoms with Crippen molar-refractivity contribution in [2.75, 3.05) is 26.2 Å². The Morgan fingerprint density at radius 2 is 1.88 bits per heavy atom. The monoisotopic (exact) mass is 240 g/mol. The van der Waals surface area contributed by atoms with Gasteiger partial charge in [0.25, 0.3) is 0 Å². The van der Waals surface area contributed by atoms with Crippen molar-refractivity contribution in [3.63, 3.8) is 0 Å². The average Bonchev–Trinajstić information content (AvgIpc) is 2.63. The Morgan fingerprint density at radius 1 is 1.12 bits per heavy atom. The Kier molecular flexibility index (Phi) is 3.99. The molecule has 5 heteroatoms. The van der Waals surface area contributed by atoms with Crippen LogP contribution in [0.2, 0.25) is 0 Å². The molecule has 17 heavy (non-hydrogen) atoms. The maximum atomic E-state index is 11.9. The molecule has 5 nitrogen and oxygen atoms in total. The van der Waals surface area contributed by atoms with Crippen LogP contribution in [0.5, 0.6) is 0 Å². The number of amides is 1. The lowest BCUT2D eigenvalue weighted by molar-refractivity contribution is -0.141. The van der Waals surface area contributed by atoms with Crippen LogP contribution in [0.15, 0.2) is 0 Å². The molecule has 1 N–H and O–H groups in total. The van der Waals surface area contributed by atoms with Gasteiger partial charge in [0, 0.05) is 32.1 Å². The lowest BCUT2D eigenvalue weighted by Crippen LogP contribution is -2.39. The van der Waals surface area contributed by atoms with Crippen molar-refractivity contribution in [3.8, 4) is 0 Å². The van der Waals surface area contributed by atoms with Gasteiger partial charge in [0.2, 0.25) is 5.91 Å². The largest absolute Gasteiger partial charge is 0.481 e. The van der Waals surface area contributed by atoms with Gasteiger partial charge >= 0.3 is 5.97 Å². The van der Waals surface area contributed by atoms with E-state index in [0.29, 0.717) is 6.04 Å². The second kappa shape index (κ2) is 5.49. The first kappa shape index (κ1) is 12.4. The molecule has 0 spiro atoms. The van der Waals surface area contributed by atoms with Gasteiger partial charge in [-0.3, -0.25) is 14.5 Å². The van der Waals surface area contributed by atoms with E-state index < -0.39 is 5.97 Å². The number of hydrogen-bond donors (Lipinski definition) is 1. The van der Waals surface area contributed by atoms with Gasteiger partial charge in [0.05, 0.1) is 6.42 Å². The summed E-state index contributed by atoms with van der Waals surface area (Å²) in [5, 5.41) is 8.59. The number of hydrogen-bond acceptors (Lipinski definition) is 3. The van der Waals surface area contributed by atoms with E-state index in [2.05, 4.69) is 4.90 Å². The third-order valence-electron chi connectivity index (χ3n) is 3.71. The van der Waals surface area contributed by atoms with Crippen LogP contribution in [0.1, 0.15) is 32.1 Å². The zero-order chi connectivity index (χ0) is 12.3. The topological polar surface area (TPSA) is 60.9 Å². The fourth-order valence-corrected chi connectivity index (χ4v) is 2.81. The van der Waals surface area contributed by atoms with E-state index in [9.17, 15) is 9.59 Å². The van der Waals surface area contributed by atoms with Crippen LogP contribution in [0.4, 0.5) is 0 Å². The highest BCUT2D eigenvalue weighted by molar-refractivity contribution is 5.80. The number of aliphatic carboxylic acids is 1. The SMILES string of the molecule is O=C(O)CCC(=O)N1CCCN2CCCC2C1. The molecule has 2 rings (SSSR count). The molecule has 1 amide bonds. The number of carbonyl (C=O) groups is 2. The minimum atomic E-state index is -0.893. The predicted octanol–water partition coefficient (Wildman–Crippen LogP) is 0.548. The number of carboxylic acid groups (broad SMARTS) is 1. The smallest absolute Gasteiger partial charge is 0.303 e. The second-order valence-corrected chi connectivity index (χ2v) is 4.92. The summed E-state index contributed by atoms with van der Waals surface area (Å²) in [6.07, 6.45) is 3.49. The van der Waals surface area contributed by atoms with Gasteiger partial charge in [0.1, 0.15) is 0 Å². The lowest BCUT2D eigenvalue weighted by Gasteiger charge is -2.25. The van der Waals surface area contributed by atoms with Gasteiger partial charge < -0.3 is 10.0 Å². The van der Waals surface area contributed by atoms with Gasteiger partial charge in [-0.05, 0) is 25.8 Å².